The lowest BCUT2D eigenvalue weighted by atomic mass is 10.1. The van der Waals surface area contributed by atoms with Crippen LogP contribution in [0.3, 0.4) is 0 Å². The molecule has 27 heavy (non-hydrogen) atoms. The zero-order valence-corrected chi connectivity index (χ0v) is 15.1. The molecule has 0 atom stereocenters. The number of aromatic nitrogens is 1. The summed E-state index contributed by atoms with van der Waals surface area (Å²) in [7, 11) is 0. The number of nitriles is 2. The molecule has 0 fully saturated rings. The van der Waals surface area contributed by atoms with Gasteiger partial charge in [0.25, 0.3) is 5.91 Å². The summed E-state index contributed by atoms with van der Waals surface area (Å²) in [6.07, 6.45) is 3.78. The van der Waals surface area contributed by atoms with E-state index in [1.807, 2.05) is 41.1 Å². The molecule has 2 aromatic carbocycles. The second-order valence-electron chi connectivity index (χ2n) is 5.81. The second kappa shape index (κ2) is 8.23. The number of aryl methyl sites for hydroxylation is 1. The summed E-state index contributed by atoms with van der Waals surface area (Å²) in [6, 6.07) is 18.6. The lowest BCUT2D eigenvalue weighted by Gasteiger charge is -2.05. The van der Waals surface area contributed by atoms with E-state index in [4.69, 9.17) is 16.9 Å². The lowest BCUT2D eigenvalue weighted by molar-refractivity contribution is -0.112. The Morgan fingerprint density at radius 1 is 1.15 bits per heavy atom. The summed E-state index contributed by atoms with van der Waals surface area (Å²) in [5.41, 5.74) is 2.11. The fourth-order valence-electron chi connectivity index (χ4n) is 2.80. The van der Waals surface area contributed by atoms with Gasteiger partial charge >= 0.3 is 0 Å². The first kappa shape index (κ1) is 18.3. The van der Waals surface area contributed by atoms with Crippen molar-refractivity contribution in [3.8, 4) is 12.1 Å². The average molecular weight is 375 g/mol. The number of fused-ring (bicyclic) bond motifs is 1. The van der Waals surface area contributed by atoms with Crippen LogP contribution in [-0.2, 0) is 11.3 Å². The molecule has 132 valence electrons. The van der Waals surface area contributed by atoms with Crippen LogP contribution in [0.2, 0.25) is 5.02 Å². The molecule has 0 saturated carbocycles. The van der Waals surface area contributed by atoms with Gasteiger partial charge in [0.05, 0.1) is 23.2 Å². The summed E-state index contributed by atoms with van der Waals surface area (Å²) in [5.74, 6) is -0.528. The maximum Gasteiger partial charge on any atom is 0.266 e. The molecule has 0 radical (unpaired) electrons. The Kier molecular flexibility index (Phi) is 5.56. The van der Waals surface area contributed by atoms with Gasteiger partial charge in [-0.15, -0.1) is 0 Å². The van der Waals surface area contributed by atoms with Crippen molar-refractivity contribution in [2.75, 3.05) is 5.32 Å². The molecular weight excluding hydrogens is 360 g/mol. The Hall–Kier alpha value is -3.54. The van der Waals surface area contributed by atoms with Crippen molar-refractivity contribution in [1.29, 1.82) is 10.5 Å². The van der Waals surface area contributed by atoms with Crippen LogP contribution in [0, 0.1) is 22.7 Å². The minimum Gasteiger partial charge on any atom is -0.346 e. The molecule has 5 nitrogen and oxygen atoms in total. The predicted molar refractivity (Wildman–Crippen MR) is 106 cm³/mol. The second-order valence-corrected chi connectivity index (χ2v) is 6.21. The zero-order chi connectivity index (χ0) is 19.2. The summed E-state index contributed by atoms with van der Waals surface area (Å²) in [4.78, 5) is 12.5. The van der Waals surface area contributed by atoms with Crippen LogP contribution in [0.1, 0.15) is 12.0 Å². The number of carbonyl (C=O) groups is 1. The number of amides is 1. The van der Waals surface area contributed by atoms with Crippen molar-refractivity contribution in [3.63, 3.8) is 0 Å². The van der Waals surface area contributed by atoms with Crippen LogP contribution in [0.15, 0.2) is 60.3 Å². The number of benzene rings is 2. The van der Waals surface area contributed by atoms with Gasteiger partial charge in [-0.25, -0.2) is 0 Å². The summed E-state index contributed by atoms with van der Waals surface area (Å²) >= 11 is 6.06. The van der Waals surface area contributed by atoms with Gasteiger partial charge in [0.15, 0.2) is 0 Å². The molecule has 0 unspecified atom stereocenters. The highest BCUT2D eigenvalue weighted by molar-refractivity contribution is 6.34. The summed E-state index contributed by atoms with van der Waals surface area (Å²) in [6.45, 7) is 0.540. The Morgan fingerprint density at radius 2 is 1.89 bits per heavy atom. The van der Waals surface area contributed by atoms with Gasteiger partial charge in [-0.1, -0.05) is 41.9 Å². The molecule has 3 rings (SSSR count). The third-order valence-electron chi connectivity index (χ3n) is 4.07. The van der Waals surface area contributed by atoms with E-state index in [9.17, 15) is 10.1 Å². The van der Waals surface area contributed by atoms with E-state index in [-0.39, 0.29) is 5.57 Å². The molecule has 1 aromatic heterocycles. The van der Waals surface area contributed by atoms with Gasteiger partial charge < -0.3 is 9.88 Å². The number of halogens is 1. The number of hydrogen-bond donors (Lipinski definition) is 1. The highest BCUT2D eigenvalue weighted by atomic mass is 35.5. The normalized spacial score (nSPS) is 11.0. The molecule has 1 N–H and O–H groups in total. The van der Waals surface area contributed by atoms with Gasteiger partial charge in [0.2, 0.25) is 0 Å². The molecule has 0 aliphatic rings. The molecule has 0 bridgehead atoms. The van der Waals surface area contributed by atoms with Crippen LogP contribution in [0.25, 0.3) is 17.0 Å². The lowest BCUT2D eigenvalue weighted by Crippen LogP contribution is -2.13. The van der Waals surface area contributed by atoms with Crippen molar-refractivity contribution in [3.05, 3.63) is 70.9 Å². The number of para-hydroxylation sites is 2. The minimum atomic E-state index is -0.528. The van der Waals surface area contributed by atoms with Gasteiger partial charge in [-0.3, -0.25) is 4.79 Å². The highest BCUT2D eigenvalue weighted by Gasteiger charge is 2.13. The van der Waals surface area contributed by atoms with Gasteiger partial charge in [0, 0.05) is 29.2 Å². The fraction of sp³-hybridized carbons (Fsp3) is 0.0952. The van der Waals surface area contributed by atoms with Crippen LogP contribution >= 0.6 is 11.6 Å². The number of rotatable bonds is 5. The Morgan fingerprint density at radius 3 is 2.63 bits per heavy atom. The largest absolute Gasteiger partial charge is 0.346 e. The van der Waals surface area contributed by atoms with E-state index in [1.165, 1.54) is 0 Å². The number of carbonyl (C=O) groups excluding carboxylic acids is 1. The maximum atomic E-state index is 12.5. The molecular formula is C21H15ClN4O. The molecule has 0 aliphatic carbocycles. The summed E-state index contributed by atoms with van der Waals surface area (Å²) < 4.78 is 1.95. The van der Waals surface area contributed by atoms with Crippen molar-refractivity contribution in [2.24, 2.45) is 0 Å². The van der Waals surface area contributed by atoms with Gasteiger partial charge in [0.1, 0.15) is 11.6 Å². The monoisotopic (exact) mass is 374 g/mol. The SMILES string of the molecule is N#CCCn1cc(C=C(C#N)C(=O)Nc2ccccc2Cl)c2ccccc21. The Labute approximate surface area is 161 Å². The number of hydrogen-bond acceptors (Lipinski definition) is 3. The quantitative estimate of drug-likeness (QED) is 0.516. The average Bonchev–Trinajstić information content (AvgIpc) is 3.04. The first-order valence-corrected chi connectivity index (χ1v) is 8.64. The third-order valence-corrected chi connectivity index (χ3v) is 4.40. The molecule has 0 saturated heterocycles. The minimum absolute atomic E-state index is 0.0295. The zero-order valence-electron chi connectivity index (χ0n) is 14.3. The first-order chi connectivity index (χ1) is 13.1. The standard InChI is InChI=1S/C21H15ClN4O/c22-18-7-2-3-8-19(18)25-21(27)15(13-24)12-16-14-26(11-5-10-23)20-9-4-1-6-17(16)20/h1-4,6-9,12,14H,5,11H2,(H,25,27). The number of anilines is 1. The van der Waals surface area contributed by atoms with E-state index in [1.54, 1.807) is 30.3 Å². The van der Waals surface area contributed by atoms with Crippen molar-refractivity contribution < 1.29 is 4.79 Å². The molecule has 3 aromatic rings. The van der Waals surface area contributed by atoms with E-state index in [2.05, 4.69) is 11.4 Å². The molecule has 1 heterocycles. The van der Waals surface area contributed by atoms with Gasteiger partial charge in [-0.2, -0.15) is 10.5 Å². The predicted octanol–water partition coefficient (Wildman–Crippen LogP) is 4.75. The van der Waals surface area contributed by atoms with E-state index in [0.717, 1.165) is 16.5 Å². The smallest absolute Gasteiger partial charge is 0.266 e. The van der Waals surface area contributed by atoms with Crippen LogP contribution < -0.4 is 5.32 Å². The van der Waals surface area contributed by atoms with Crippen LogP contribution in [0.5, 0.6) is 0 Å². The van der Waals surface area contributed by atoms with Crippen molar-refractivity contribution >= 4 is 40.2 Å². The molecule has 0 spiro atoms. The maximum absolute atomic E-state index is 12.5. The number of nitrogens with one attached hydrogen (secondary N) is 1. The third kappa shape index (κ3) is 4.00. The van der Waals surface area contributed by atoms with Crippen molar-refractivity contribution in [1.82, 2.24) is 4.57 Å². The topological polar surface area (TPSA) is 81.6 Å². The highest BCUT2D eigenvalue weighted by Crippen LogP contribution is 2.25. The summed E-state index contributed by atoms with van der Waals surface area (Å²) in [5, 5.41) is 22.3. The number of nitrogens with zero attached hydrogens (tertiary/aromatic N) is 3. The molecule has 1 amide bonds. The molecule has 0 aliphatic heterocycles. The first-order valence-electron chi connectivity index (χ1n) is 8.26. The van der Waals surface area contributed by atoms with Crippen LogP contribution in [0.4, 0.5) is 5.69 Å². The van der Waals surface area contributed by atoms with Gasteiger partial charge in [-0.05, 0) is 24.3 Å². The Bertz CT molecular complexity index is 1120. The molecule has 6 heteroatoms. The van der Waals surface area contributed by atoms with E-state index >= 15 is 0 Å². The van der Waals surface area contributed by atoms with E-state index in [0.29, 0.717) is 23.7 Å². The van der Waals surface area contributed by atoms with Crippen molar-refractivity contribution in [2.45, 2.75) is 13.0 Å². The van der Waals surface area contributed by atoms with E-state index < -0.39 is 5.91 Å². The Balaban J connectivity index is 1.96. The van der Waals surface area contributed by atoms with Crippen LogP contribution in [-0.4, -0.2) is 10.5 Å². The fourth-order valence-corrected chi connectivity index (χ4v) is 2.98.